The lowest BCUT2D eigenvalue weighted by molar-refractivity contribution is -0.143. The fourth-order valence-electron chi connectivity index (χ4n) is 3.26. The molecule has 0 radical (unpaired) electrons. The number of nitrogens with two attached hydrogens (primary N) is 1. The molecule has 0 spiro atoms. The largest absolute Gasteiger partial charge is 0.394 e. The first kappa shape index (κ1) is 22.5. The third-order valence-corrected chi connectivity index (χ3v) is 5.23. The molecule has 1 fully saturated rings. The van der Waals surface area contributed by atoms with Gasteiger partial charge in [0.15, 0.2) is 6.04 Å². The average molecular weight is 420 g/mol. The SMILES string of the molecule is CC1CCN(C(=O)C(CO)N=S(=O)=O)C(C(N)=O)C1.c1ccc2ccccc2c1. The van der Waals surface area contributed by atoms with E-state index in [1.165, 1.54) is 15.7 Å². The van der Waals surface area contributed by atoms with Crippen LogP contribution in [-0.4, -0.2) is 55.5 Å². The van der Waals surface area contributed by atoms with Crippen LogP contribution < -0.4 is 5.73 Å². The highest BCUT2D eigenvalue weighted by Gasteiger charge is 2.36. The zero-order valence-electron chi connectivity index (χ0n) is 16.1. The van der Waals surface area contributed by atoms with Gasteiger partial charge in [-0.15, -0.1) is 0 Å². The molecule has 3 atom stereocenters. The van der Waals surface area contributed by atoms with Gasteiger partial charge in [-0.25, -0.2) is 0 Å². The van der Waals surface area contributed by atoms with Crippen molar-refractivity contribution in [1.29, 1.82) is 0 Å². The van der Waals surface area contributed by atoms with Crippen molar-refractivity contribution in [1.82, 2.24) is 4.90 Å². The number of nitrogens with zero attached hydrogens (tertiary/aromatic N) is 2. The van der Waals surface area contributed by atoms with E-state index < -0.39 is 41.0 Å². The molecule has 3 unspecified atom stereocenters. The minimum absolute atomic E-state index is 0.250. The fourth-order valence-corrected chi connectivity index (χ4v) is 3.62. The van der Waals surface area contributed by atoms with Crippen LogP contribution in [0.25, 0.3) is 10.8 Å². The third-order valence-electron chi connectivity index (χ3n) is 4.81. The van der Waals surface area contributed by atoms with Crippen LogP contribution in [0.1, 0.15) is 19.8 Å². The summed E-state index contributed by atoms with van der Waals surface area (Å²) in [6, 6.07) is 14.5. The monoisotopic (exact) mass is 419 g/mol. The number of amides is 2. The Bertz CT molecular complexity index is 919. The van der Waals surface area contributed by atoms with Crippen LogP contribution in [0.2, 0.25) is 0 Å². The summed E-state index contributed by atoms with van der Waals surface area (Å²) in [4.78, 5) is 24.6. The van der Waals surface area contributed by atoms with E-state index >= 15 is 0 Å². The number of carbonyl (C=O) groups excluding carboxylic acids is 2. The zero-order valence-corrected chi connectivity index (χ0v) is 17.0. The predicted octanol–water partition coefficient (Wildman–Crippen LogP) is 1.36. The molecule has 0 saturated carbocycles. The van der Waals surface area contributed by atoms with Gasteiger partial charge in [-0.1, -0.05) is 55.5 Å². The topological polar surface area (TPSA) is 130 Å². The number of primary amides is 1. The molecule has 3 N–H and O–H groups in total. The molecule has 1 aliphatic rings. The maximum Gasteiger partial charge on any atom is 0.312 e. The van der Waals surface area contributed by atoms with E-state index in [2.05, 4.69) is 52.9 Å². The van der Waals surface area contributed by atoms with Gasteiger partial charge >= 0.3 is 10.5 Å². The highest BCUT2D eigenvalue weighted by molar-refractivity contribution is 7.61. The van der Waals surface area contributed by atoms with Gasteiger partial charge in [0.1, 0.15) is 6.04 Å². The van der Waals surface area contributed by atoms with Crippen molar-refractivity contribution in [3.8, 4) is 0 Å². The summed E-state index contributed by atoms with van der Waals surface area (Å²) in [6.45, 7) is 1.51. The number of rotatable bonds is 4. The summed E-state index contributed by atoms with van der Waals surface area (Å²) in [6.07, 6.45) is 1.12. The normalized spacial score (nSPS) is 19.6. The van der Waals surface area contributed by atoms with Crippen LogP contribution in [0.4, 0.5) is 0 Å². The van der Waals surface area contributed by atoms with Crippen molar-refractivity contribution in [3.05, 3.63) is 48.5 Å². The van der Waals surface area contributed by atoms with Gasteiger partial charge in [-0.3, -0.25) is 9.59 Å². The Morgan fingerprint density at radius 1 is 1.17 bits per heavy atom. The molecular formula is C20H25N3O5S. The number of likely N-dealkylation sites (tertiary alicyclic amines) is 1. The number of aliphatic hydroxyl groups is 1. The molecule has 8 nitrogen and oxygen atoms in total. The summed E-state index contributed by atoms with van der Waals surface area (Å²) in [7, 11) is -2.80. The molecule has 1 saturated heterocycles. The van der Waals surface area contributed by atoms with E-state index in [4.69, 9.17) is 10.8 Å². The Morgan fingerprint density at radius 2 is 1.69 bits per heavy atom. The van der Waals surface area contributed by atoms with Gasteiger partial charge in [0.05, 0.1) is 6.61 Å². The van der Waals surface area contributed by atoms with Crippen molar-refractivity contribution in [2.75, 3.05) is 13.2 Å². The van der Waals surface area contributed by atoms with E-state index in [9.17, 15) is 18.0 Å². The summed E-state index contributed by atoms with van der Waals surface area (Å²) in [5.74, 6) is -1.08. The van der Waals surface area contributed by atoms with Gasteiger partial charge < -0.3 is 15.7 Å². The number of carbonyl (C=O) groups is 2. The highest BCUT2D eigenvalue weighted by atomic mass is 32.2. The van der Waals surface area contributed by atoms with E-state index in [1.54, 1.807) is 0 Å². The van der Waals surface area contributed by atoms with Crippen LogP contribution in [-0.2, 0) is 20.1 Å². The van der Waals surface area contributed by atoms with Crippen LogP contribution in [0.15, 0.2) is 52.9 Å². The van der Waals surface area contributed by atoms with Crippen LogP contribution >= 0.6 is 0 Å². The smallest absolute Gasteiger partial charge is 0.312 e. The Morgan fingerprint density at radius 3 is 2.10 bits per heavy atom. The van der Waals surface area contributed by atoms with Gasteiger partial charge in [-0.05, 0) is 29.5 Å². The first-order valence-corrected chi connectivity index (χ1v) is 10.3. The van der Waals surface area contributed by atoms with Gasteiger partial charge in [-0.2, -0.15) is 12.8 Å². The molecule has 3 rings (SSSR count). The number of aliphatic hydroxyl groups excluding tert-OH is 1. The number of benzene rings is 2. The Kier molecular flexibility index (Phi) is 8.29. The Labute approximate surface area is 171 Å². The van der Waals surface area contributed by atoms with Crippen LogP contribution in [0.3, 0.4) is 0 Å². The van der Waals surface area contributed by atoms with Gasteiger partial charge in [0.25, 0.3) is 5.91 Å². The van der Waals surface area contributed by atoms with Crippen molar-refractivity contribution in [3.63, 3.8) is 0 Å². The van der Waals surface area contributed by atoms with Crippen molar-refractivity contribution < 1.29 is 23.1 Å². The zero-order chi connectivity index (χ0) is 21.4. The van der Waals surface area contributed by atoms with Crippen LogP contribution in [0, 0.1) is 5.92 Å². The molecule has 156 valence electrons. The van der Waals surface area contributed by atoms with E-state index in [1.807, 2.05) is 6.92 Å². The predicted molar refractivity (Wildman–Crippen MR) is 109 cm³/mol. The van der Waals surface area contributed by atoms with Crippen molar-refractivity contribution in [2.45, 2.75) is 31.8 Å². The summed E-state index contributed by atoms with van der Waals surface area (Å²) in [5, 5.41) is 11.6. The molecule has 1 aliphatic heterocycles. The minimum Gasteiger partial charge on any atom is -0.394 e. The van der Waals surface area contributed by atoms with E-state index in [0.29, 0.717) is 19.4 Å². The van der Waals surface area contributed by atoms with E-state index in [-0.39, 0.29) is 5.92 Å². The fraction of sp³-hybridized carbons (Fsp3) is 0.400. The number of piperidine rings is 1. The number of fused-ring (bicyclic) bond motifs is 1. The van der Waals surface area contributed by atoms with Crippen molar-refractivity contribution in [2.24, 2.45) is 16.0 Å². The molecule has 0 bridgehead atoms. The molecule has 2 amide bonds. The lowest BCUT2D eigenvalue weighted by Crippen LogP contribution is -2.55. The molecule has 0 aliphatic carbocycles. The minimum atomic E-state index is -2.80. The molecule has 9 heteroatoms. The lowest BCUT2D eigenvalue weighted by atomic mass is 9.91. The molecule has 2 aromatic carbocycles. The maximum atomic E-state index is 12.1. The standard InChI is InChI=1S/C10H17N3O5S.C10H8/c1-6-2-3-13(8(4-6)9(11)15)10(16)7(5-14)12-19(17)18;1-2-6-10-8-4-3-7-9(10)5-1/h6-8,14H,2-5H2,1H3,(H2,11,15);1-8H. The van der Waals surface area contributed by atoms with Crippen LogP contribution in [0.5, 0.6) is 0 Å². The first-order valence-electron chi connectivity index (χ1n) is 9.28. The van der Waals surface area contributed by atoms with Gasteiger partial charge in [0, 0.05) is 6.54 Å². The molecule has 29 heavy (non-hydrogen) atoms. The van der Waals surface area contributed by atoms with E-state index in [0.717, 1.165) is 0 Å². The number of hydrogen-bond donors (Lipinski definition) is 2. The number of hydrogen-bond acceptors (Lipinski definition) is 6. The summed E-state index contributed by atoms with van der Waals surface area (Å²) in [5.41, 5.74) is 5.25. The summed E-state index contributed by atoms with van der Waals surface area (Å²) < 4.78 is 24.1. The Balaban J connectivity index is 0.000000248. The Hall–Kier alpha value is -2.78. The second-order valence-electron chi connectivity index (χ2n) is 6.95. The molecule has 2 aromatic rings. The second-order valence-corrected chi connectivity index (χ2v) is 7.59. The molecular weight excluding hydrogens is 394 g/mol. The summed E-state index contributed by atoms with van der Waals surface area (Å²) >= 11 is 0. The maximum absolute atomic E-state index is 12.1. The second kappa shape index (κ2) is 10.7. The average Bonchev–Trinajstić information content (AvgIpc) is 2.72. The third kappa shape index (κ3) is 6.37. The highest BCUT2D eigenvalue weighted by Crippen LogP contribution is 2.23. The first-order chi connectivity index (χ1) is 13.8. The quantitative estimate of drug-likeness (QED) is 0.773. The lowest BCUT2D eigenvalue weighted by Gasteiger charge is -2.37. The van der Waals surface area contributed by atoms with Gasteiger partial charge in [0.2, 0.25) is 5.91 Å². The molecule has 1 heterocycles. The van der Waals surface area contributed by atoms with Crippen molar-refractivity contribution >= 4 is 33.1 Å². The molecule has 0 aromatic heterocycles.